The minimum Gasteiger partial charge on any atom is -0.444 e. The first-order chi connectivity index (χ1) is 14.6. The van der Waals surface area contributed by atoms with Crippen LogP contribution in [0.3, 0.4) is 0 Å². The summed E-state index contributed by atoms with van der Waals surface area (Å²) in [5.74, 6) is 1.36. The van der Waals surface area contributed by atoms with Gasteiger partial charge in [0.25, 0.3) is 0 Å². The highest BCUT2D eigenvalue weighted by atomic mass is 35.5. The van der Waals surface area contributed by atoms with Gasteiger partial charge in [-0.3, -0.25) is 0 Å². The molecule has 0 aliphatic heterocycles. The zero-order chi connectivity index (χ0) is 22.8. The number of hydrogen-bond donors (Lipinski definition) is 1. The van der Waals surface area contributed by atoms with Crippen LogP contribution >= 0.6 is 46.3 Å². The molecule has 0 bridgehead atoms. The maximum atomic E-state index is 12.4. The van der Waals surface area contributed by atoms with Crippen molar-refractivity contribution < 1.29 is 9.53 Å². The number of aromatic nitrogens is 4. The van der Waals surface area contributed by atoms with Crippen LogP contribution in [0.25, 0.3) is 4.96 Å². The molecule has 1 N–H and O–H groups in total. The molecule has 0 aliphatic rings. The predicted molar refractivity (Wildman–Crippen MR) is 126 cm³/mol. The number of carbonyl (C=O) groups is 1. The summed E-state index contributed by atoms with van der Waals surface area (Å²) in [5.41, 5.74) is 0.392. The van der Waals surface area contributed by atoms with E-state index in [4.69, 9.17) is 27.9 Å². The number of rotatable bonds is 7. The van der Waals surface area contributed by atoms with Crippen LogP contribution < -0.4 is 5.32 Å². The Morgan fingerprint density at radius 1 is 1.32 bits per heavy atom. The number of carbonyl (C=O) groups excluding carboxylic acids is 1. The van der Waals surface area contributed by atoms with Crippen molar-refractivity contribution in [2.24, 2.45) is 5.92 Å². The maximum absolute atomic E-state index is 12.4. The summed E-state index contributed by atoms with van der Waals surface area (Å²) in [4.78, 5) is 13.1. The monoisotopic (exact) mass is 501 g/mol. The Hall–Kier alpha value is -1.55. The number of alkyl carbamates (subject to hydrolysis) is 1. The molecule has 3 aromatic rings. The molecular formula is C20H25Cl2N5O2S2. The van der Waals surface area contributed by atoms with Crippen LogP contribution in [0.5, 0.6) is 0 Å². The minimum absolute atomic E-state index is 0.116. The lowest BCUT2D eigenvalue weighted by atomic mass is 9.99. The van der Waals surface area contributed by atoms with Crippen LogP contribution in [0.1, 0.15) is 58.5 Å². The van der Waals surface area contributed by atoms with Crippen LogP contribution in [0.15, 0.2) is 22.5 Å². The van der Waals surface area contributed by atoms with Crippen molar-refractivity contribution in [2.75, 3.05) is 0 Å². The Balaban J connectivity index is 1.80. The van der Waals surface area contributed by atoms with Gasteiger partial charge in [-0.05, 0) is 44.4 Å². The van der Waals surface area contributed by atoms with Gasteiger partial charge in [0.15, 0.2) is 10.2 Å². The first kappa shape index (κ1) is 24.1. The molecule has 1 aromatic carbocycles. The average Bonchev–Trinajstić information content (AvgIpc) is 3.24. The molecule has 0 fully saturated rings. The van der Waals surface area contributed by atoms with Crippen molar-refractivity contribution >= 4 is 57.4 Å². The van der Waals surface area contributed by atoms with Gasteiger partial charge in [-0.25, -0.2) is 4.79 Å². The molecule has 0 radical (unpaired) electrons. The highest BCUT2D eigenvalue weighted by molar-refractivity contribution is 8.00. The van der Waals surface area contributed by atoms with E-state index in [0.29, 0.717) is 26.6 Å². The number of halogens is 2. The molecule has 2 atom stereocenters. The summed E-state index contributed by atoms with van der Waals surface area (Å²) in [5, 5.41) is 17.4. The van der Waals surface area contributed by atoms with Crippen molar-refractivity contribution in [3.05, 3.63) is 39.6 Å². The number of nitrogens with one attached hydrogen (secondary N) is 1. The predicted octanol–water partition coefficient (Wildman–Crippen LogP) is 6.40. The SMILES string of the molecule is CCC(C)C(NC(=O)OC(C)(C)C)c1nnc2sc(SCc3ccc(Cl)cc3Cl)nn12. The molecule has 0 saturated heterocycles. The second kappa shape index (κ2) is 9.94. The van der Waals surface area contributed by atoms with Gasteiger partial charge in [0.05, 0.1) is 6.04 Å². The third kappa shape index (κ3) is 6.25. The van der Waals surface area contributed by atoms with E-state index < -0.39 is 11.7 Å². The van der Waals surface area contributed by atoms with E-state index in [0.717, 1.165) is 16.3 Å². The van der Waals surface area contributed by atoms with Gasteiger partial charge in [-0.1, -0.05) is 72.6 Å². The van der Waals surface area contributed by atoms with E-state index in [9.17, 15) is 4.79 Å². The lowest BCUT2D eigenvalue weighted by Crippen LogP contribution is -2.38. The number of ether oxygens (including phenoxy) is 1. The minimum atomic E-state index is -0.586. The number of hydrogen-bond acceptors (Lipinski definition) is 7. The topological polar surface area (TPSA) is 81.4 Å². The summed E-state index contributed by atoms with van der Waals surface area (Å²) in [7, 11) is 0. The van der Waals surface area contributed by atoms with Crippen molar-refractivity contribution in [1.29, 1.82) is 0 Å². The van der Waals surface area contributed by atoms with Crippen LogP contribution in [0, 0.1) is 5.92 Å². The third-order valence-electron chi connectivity index (χ3n) is 4.53. The Labute approximate surface area is 199 Å². The van der Waals surface area contributed by atoms with Gasteiger partial charge in [-0.15, -0.1) is 15.3 Å². The van der Waals surface area contributed by atoms with Crippen molar-refractivity contribution in [2.45, 2.75) is 62.8 Å². The largest absolute Gasteiger partial charge is 0.444 e. The highest BCUT2D eigenvalue weighted by Gasteiger charge is 2.29. The molecule has 0 saturated carbocycles. The zero-order valence-electron chi connectivity index (χ0n) is 18.0. The van der Waals surface area contributed by atoms with E-state index in [1.54, 1.807) is 22.3 Å². The van der Waals surface area contributed by atoms with E-state index >= 15 is 0 Å². The van der Waals surface area contributed by atoms with E-state index in [-0.39, 0.29) is 12.0 Å². The van der Waals surface area contributed by atoms with Crippen molar-refractivity contribution in [1.82, 2.24) is 25.1 Å². The molecule has 3 rings (SSSR count). The zero-order valence-corrected chi connectivity index (χ0v) is 21.1. The molecule has 0 spiro atoms. The molecule has 11 heteroatoms. The number of fused-ring (bicyclic) bond motifs is 1. The summed E-state index contributed by atoms with van der Waals surface area (Å²) >= 11 is 15.2. The summed E-state index contributed by atoms with van der Waals surface area (Å²) < 4.78 is 7.96. The average molecular weight is 502 g/mol. The fourth-order valence-corrected chi connectivity index (χ4v) is 5.22. The number of amides is 1. The third-order valence-corrected chi connectivity index (χ3v) is 7.19. The first-order valence-electron chi connectivity index (χ1n) is 9.85. The van der Waals surface area contributed by atoms with Crippen LogP contribution in [0.4, 0.5) is 4.79 Å². The molecule has 2 aromatic heterocycles. The molecule has 1 amide bonds. The first-order valence-corrected chi connectivity index (χ1v) is 12.4. The number of thioether (sulfide) groups is 1. The second-order valence-electron chi connectivity index (χ2n) is 8.15. The summed E-state index contributed by atoms with van der Waals surface area (Å²) in [6.45, 7) is 9.60. The summed E-state index contributed by atoms with van der Waals surface area (Å²) in [6.07, 6.45) is 0.354. The summed E-state index contributed by atoms with van der Waals surface area (Å²) in [6, 6.07) is 5.08. The van der Waals surface area contributed by atoms with Crippen LogP contribution in [-0.4, -0.2) is 31.5 Å². The fourth-order valence-electron chi connectivity index (χ4n) is 2.78. The van der Waals surface area contributed by atoms with Gasteiger partial charge in [0, 0.05) is 15.8 Å². The number of nitrogens with zero attached hydrogens (tertiary/aromatic N) is 4. The molecular weight excluding hydrogens is 477 g/mol. The quantitative estimate of drug-likeness (QED) is 0.377. The van der Waals surface area contributed by atoms with Gasteiger partial charge in [0.2, 0.25) is 4.96 Å². The lowest BCUT2D eigenvalue weighted by molar-refractivity contribution is 0.0482. The molecule has 2 unspecified atom stereocenters. The van der Waals surface area contributed by atoms with Gasteiger partial charge >= 0.3 is 6.09 Å². The smallest absolute Gasteiger partial charge is 0.408 e. The molecule has 0 aliphatic carbocycles. The van der Waals surface area contributed by atoms with E-state index in [2.05, 4.69) is 27.5 Å². The molecule has 7 nitrogen and oxygen atoms in total. The van der Waals surface area contributed by atoms with Gasteiger partial charge in [-0.2, -0.15) is 4.52 Å². The maximum Gasteiger partial charge on any atom is 0.408 e. The molecule has 168 valence electrons. The standard InChI is InChI=1S/C20H25Cl2N5O2S2/c1-6-11(2)15(23-18(28)29-20(3,4)5)16-24-25-17-27(16)26-19(31-17)30-10-12-7-8-13(21)9-14(12)22/h7-9,11,15H,6,10H2,1-5H3,(H,23,28). The van der Waals surface area contributed by atoms with Crippen molar-refractivity contribution in [3.63, 3.8) is 0 Å². The Kier molecular flexibility index (Phi) is 7.72. The van der Waals surface area contributed by atoms with Crippen LogP contribution in [0.2, 0.25) is 10.0 Å². The Morgan fingerprint density at radius 2 is 2.06 bits per heavy atom. The highest BCUT2D eigenvalue weighted by Crippen LogP contribution is 2.32. The number of benzene rings is 1. The second-order valence-corrected chi connectivity index (χ2v) is 11.2. The Morgan fingerprint density at radius 3 is 2.71 bits per heavy atom. The van der Waals surface area contributed by atoms with Crippen molar-refractivity contribution in [3.8, 4) is 0 Å². The lowest BCUT2D eigenvalue weighted by Gasteiger charge is -2.25. The van der Waals surface area contributed by atoms with E-state index in [1.807, 2.05) is 39.8 Å². The molecule has 2 heterocycles. The Bertz CT molecular complexity index is 1060. The van der Waals surface area contributed by atoms with Gasteiger partial charge in [0.1, 0.15) is 5.60 Å². The van der Waals surface area contributed by atoms with E-state index in [1.165, 1.54) is 11.3 Å². The normalized spacial score (nSPS) is 13.9. The fraction of sp³-hybridized carbons (Fsp3) is 0.500. The van der Waals surface area contributed by atoms with Crippen LogP contribution in [-0.2, 0) is 10.5 Å². The molecule has 31 heavy (non-hydrogen) atoms. The van der Waals surface area contributed by atoms with Gasteiger partial charge < -0.3 is 10.1 Å².